The van der Waals surface area contributed by atoms with Crippen LogP contribution in [-0.4, -0.2) is 26.3 Å². The first-order valence-electron chi connectivity index (χ1n) is 10.6. The highest BCUT2D eigenvalue weighted by Gasteiger charge is 2.21. The number of nitrogens with one attached hydrogen (secondary N) is 1. The lowest BCUT2D eigenvalue weighted by Gasteiger charge is -2.15. The van der Waals surface area contributed by atoms with E-state index in [0.29, 0.717) is 18.1 Å². The topological polar surface area (TPSA) is 67.8 Å². The number of thioether (sulfide) groups is 1. The molecule has 4 rings (SSSR count). The van der Waals surface area contributed by atoms with Gasteiger partial charge in [-0.25, -0.2) is 4.98 Å². The van der Waals surface area contributed by atoms with Gasteiger partial charge >= 0.3 is 0 Å². The van der Waals surface area contributed by atoms with Crippen molar-refractivity contribution < 1.29 is 4.79 Å². The molecule has 1 unspecified atom stereocenters. The highest BCUT2D eigenvalue weighted by molar-refractivity contribution is 8.00. The van der Waals surface area contributed by atoms with E-state index in [2.05, 4.69) is 15.5 Å². The van der Waals surface area contributed by atoms with Crippen LogP contribution in [0.5, 0.6) is 0 Å². The minimum atomic E-state index is -0.299. The fourth-order valence-corrected chi connectivity index (χ4v) is 4.14. The maximum Gasteiger partial charge on any atom is 0.233 e. The van der Waals surface area contributed by atoms with Crippen LogP contribution in [0.4, 0.5) is 0 Å². The smallest absolute Gasteiger partial charge is 0.233 e. The molecule has 0 saturated carbocycles. The zero-order chi connectivity index (χ0) is 22.2. The molecule has 0 radical (unpaired) electrons. The Morgan fingerprint density at radius 3 is 1.97 bits per heavy atom. The van der Waals surface area contributed by atoms with E-state index in [4.69, 9.17) is 4.98 Å². The number of carbonyl (C=O) groups is 1. The number of hydrogen-bond donors (Lipinski definition) is 1. The molecule has 0 aliphatic carbocycles. The summed E-state index contributed by atoms with van der Waals surface area (Å²) in [6.45, 7) is 2.49. The lowest BCUT2D eigenvalue weighted by atomic mass is 10.0. The minimum absolute atomic E-state index is 0.0293. The first-order valence-corrected chi connectivity index (χ1v) is 11.5. The van der Waals surface area contributed by atoms with Crippen molar-refractivity contribution in [2.24, 2.45) is 0 Å². The zero-order valence-electron chi connectivity index (χ0n) is 17.8. The van der Waals surface area contributed by atoms with Gasteiger partial charge in [0.1, 0.15) is 11.4 Å². The summed E-state index contributed by atoms with van der Waals surface area (Å²) in [7, 11) is 0. The van der Waals surface area contributed by atoms with E-state index in [9.17, 15) is 4.79 Å². The Balaban J connectivity index is 1.57. The van der Waals surface area contributed by atoms with E-state index in [1.54, 1.807) is 0 Å². The number of rotatable bonds is 8. The van der Waals surface area contributed by atoms with Crippen LogP contribution in [0, 0.1) is 0 Å². The molecule has 0 fully saturated rings. The summed E-state index contributed by atoms with van der Waals surface area (Å²) in [5.41, 5.74) is 4.47. The van der Waals surface area contributed by atoms with Gasteiger partial charge in [-0.3, -0.25) is 4.79 Å². The predicted molar refractivity (Wildman–Crippen MR) is 129 cm³/mol. The highest BCUT2D eigenvalue weighted by atomic mass is 32.2. The largest absolute Gasteiger partial charge is 0.351 e. The molecule has 5 nitrogen and oxygen atoms in total. The lowest BCUT2D eigenvalue weighted by Crippen LogP contribution is -2.32. The second-order valence-corrected chi connectivity index (χ2v) is 8.41. The van der Waals surface area contributed by atoms with Crippen molar-refractivity contribution >= 4 is 17.7 Å². The van der Waals surface area contributed by atoms with Crippen LogP contribution < -0.4 is 5.32 Å². The van der Waals surface area contributed by atoms with E-state index >= 15 is 0 Å². The van der Waals surface area contributed by atoms with Gasteiger partial charge in [-0.2, -0.15) is 0 Å². The van der Waals surface area contributed by atoms with Crippen molar-refractivity contribution in [2.45, 2.75) is 30.3 Å². The third-order valence-corrected chi connectivity index (χ3v) is 6.20. The molecule has 0 bridgehead atoms. The van der Waals surface area contributed by atoms with Crippen LogP contribution in [0.2, 0.25) is 0 Å². The molecule has 6 heteroatoms. The number of nitrogens with zero attached hydrogens (tertiary/aromatic N) is 3. The second kappa shape index (κ2) is 10.7. The Hall–Kier alpha value is -3.51. The summed E-state index contributed by atoms with van der Waals surface area (Å²) in [6.07, 6.45) is 0.662. The third-order valence-electron chi connectivity index (χ3n) is 4.98. The van der Waals surface area contributed by atoms with Crippen molar-refractivity contribution in [3.8, 4) is 22.5 Å². The Morgan fingerprint density at radius 1 is 0.812 bits per heavy atom. The third kappa shape index (κ3) is 5.39. The molecule has 0 spiro atoms. The van der Waals surface area contributed by atoms with Crippen LogP contribution >= 0.6 is 11.8 Å². The predicted octanol–water partition coefficient (Wildman–Crippen LogP) is 5.39. The van der Waals surface area contributed by atoms with E-state index in [1.807, 2.05) is 97.9 Å². The Labute approximate surface area is 192 Å². The first-order chi connectivity index (χ1) is 15.7. The van der Waals surface area contributed by atoms with Crippen molar-refractivity contribution in [3.63, 3.8) is 0 Å². The van der Waals surface area contributed by atoms with Gasteiger partial charge < -0.3 is 5.32 Å². The molecule has 3 aromatic carbocycles. The second-order valence-electron chi connectivity index (χ2n) is 7.24. The number of hydrogen-bond acceptors (Lipinski definition) is 5. The molecule has 1 amide bonds. The van der Waals surface area contributed by atoms with Gasteiger partial charge in [0, 0.05) is 17.7 Å². The average Bonchev–Trinajstić information content (AvgIpc) is 2.87. The first kappa shape index (κ1) is 21.7. The van der Waals surface area contributed by atoms with E-state index < -0.39 is 0 Å². The molecule has 1 atom stereocenters. The van der Waals surface area contributed by atoms with Crippen LogP contribution in [0.15, 0.2) is 96.2 Å². The molecule has 0 aliphatic heterocycles. The van der Waals surface area contributed by atoms with Crippen molar-refractivity contribution in [2.75, 3.05) is 0 Å². The minimum Gasteiger partial charge on any atom is -0.351 e. The molecule has 32 heavy (non-hydrogen) atoms. The van der Waals surface area contributed by atoms with Gasteiger partial charge in [-0.05, 0) is 12.0 Å². The molecule has 0 saturated heterocycles. The molecule has 1 aromatic heterocycles. The summed E-state index contributed by atoms with van der Waals surface area (Å²) in [5.74, 6) is -0.0293. The van der Waals surface area contributed by atoms with Gasteiger partial charge in [0.2, 0.25) is 11.1 Å². The normalized spacial score (nSPS) is 11.7. The number of benzene rings is 3. The quantitative estimate of drug-likeness (QED) is 0.372. The van der Waals surface area contributed by atoms with Gasteiger partial charge in [-0.15, -0.1) is 10.2 Å². The van der Waals surface area contributed by atoms with E-state index in [-0.39, 0.29) is 11.2 Å². The molecule has 4 aromatic rings. The van der Waals surface area contributed by atoms with E-state index in [0.717, 1.165) is 28.1 Å². The molecule has 160 valence electrons. The van der Waals surface area contributed by atoms with Crippen molar-refractivity contribution in [1.29, 1.82) is 0 Å². The molecule has 0 aliphatic rings. The molecule has 1 heterocycles. The van der Waals surface area contributed by atoms with Crippen LogP contribution in [0.25, 0.3) is 22.5 Å². The number of aromatic nitrogens is 3. The Bertz CT molecular complexity index is 1150. The molecule has 1 N–H and O–H groups in total. The summed E-state index contributed by atoms with van der Waals surface area (Å²) >= 11 is 1.35. The molecular weight excluding hydrogens is 416 g/mol. The lowest BCUT2D eigenvalue weighted by molar-refractivity contribution is -0.120. The SMILES string of the molecule is CCC(Sc1nnc(-c2ccccc2)c(-c2ccccc2)n1)C(=O)NCc1ccccc1. The van der Waals surface area contributed by atoms with Gasteiger partial charge in [-0.1, -0.05) is 110 Å². The zero-order valence-corrected chi connectivity index (χ0v) is 18.6. The summed E-state index contributed by atoms with van der Waals surface area (Å²) in [4.78, 5) is 17.6. The fraction of sp³-hybridized carbons (Fsp3) is 0.154. The summed E-state index contributed by atoms with van der Waals surface area (Å²) in [6, 6.07) is 29.7. The Morgan fingerprint density at radius 2 is 1.38 bits per heavy atom. The van der Waals surface area contributed by atoms with Gasteiger partial charge in [0.05, 0.1) is 5.25 Å². The summed E-state index contributed by atoms with van der Waals surface area (Å²) in [5, 5.41) is 12.1. The maximum atomic E-state index is 12.8. The average molecular weight is 441 g/mol. The van der Waals surface area contributed by atoms with Crippen LogP contribution in [0.3, 0.4) is 0 Å². The van der Waals surface area contributed by atoms with Gasteiger partial charge in [0.15, 0.2) is 0 Å². The highest BCUT2D eigenvalue weighted by Crippen LogP contribution is 2.31. The molecular formula is C26H24N4OS. The monoisotopic (exact) mass is 440 g/mol. The number of amides is 1. The van der Waals surface area contributed by atoms with Gasteiger partial charge in [0.25, 0.3) is 0 Å². The summed E-state index contributed by atoms with van der Waals surface area (Å²) < 4.78 is 0. The van der Waals surface area contributed by atoms with Crippen molar-refractivity contribution in [1.82, 2.24) is 20.5 Å². The number of carbonyl (C=O) groups excluding carboxylic acids is 1. The Kier molecular flexibility index (Phi) is 7.25. The van der Waals surface area contributed by atoms with Crippen LogP contribution in [0.1, 0.15) is 18.9 Å². The standard InChI is InChI=1S/C26H24N4OS/c1-2-22(25(31)27-18-19-12-6-3-7-13-19)32-26-28-23(20-14-8-4-9-15-20)24(29-30-26)21-16-10-5-11-17-21/h3-17,22H,2,18H2,1H3,(H,27,31). The maximum absolute atomic E-state index is 12.8. The van der Waals surface area contributed by atoms with E-state index in [1.165, 1.54) is 11.8 Å². The van der Waals surface area contributed by atoms with Crippen molar-refractivity contribution in [3.05, 3.63) is 96.6 Å². The van der Waals surface area contributed by atoms with Crippen LogP contribution in [-0.2, 0) is 11.3 Å². The fourth-order valence-electron chi connectivity index (χ4n) is 3.30.